The van der Waals surface area contributed by atoms with Gasteiger partial charge in [0.2, 0.25) is 12.2 Å². The third-order valence-corrected chi connectivity index (χ3v) is 1.84. The second-order valence-electron chi connectivity index (χ2n) is 3.61. The highest BCUT2D eigenvalue weighted by Crippen LogP contribution is 1.80. The Bertz CT molecular complexity index is 495. The summed E-state index contributed by atoms with van der Waals surface area (Å²) in [4.78, 5) is 26.8. The van der Waals surface area contributed by atoms with Crippen LogP contribution in [0.15, 0.2) is 85.5 Å². The van der Waals surface area contributed by atoms with E-state index >= 15 is 0 Å². The number of ether oxygens (including phenoxy) is 1. The van der Waals surface area contributed by atoms with Gasteiger partial charge in [-0.2, -0.15) is 0 Å². The molecule has 0 radical (unpaired) electrons. The molecule has 2 aromatic rings. The summed E-state index contributed by atoms with van der Waals surface area (Å²) in [6, 6.07) is 24.0. The normalized spacial score (nSPS) is 6.56. The summed E-state index contributed by atoms with van der Waals surface area (Å²) in [6.45, 7) is 3.06. The van der Waals surface area contributed by atoms with Crippen molar-refractivity contribution in [3.63, 3.8) is 0 Å². The van der Waals surface area contributed by atoms with Gasteiger partial charge in [-0.05, 0) is 0 Å². The maximum absolute atomic E-state index is 10.1. The average Bonchev–Trinajstić information content (AvgIpc) is 2.71. The third kappa shape index (κ3) is 45.0. The lowest BCUT2D eigenvalue weighted by molar-refractivity contribution is -0.138. The van der Waals surface area contributed by atoms with Crippen molar-refractivity contribution in [2.75, 3.05) is 13.2 Å². The number of isocyanates is 2. The van der Waals surface area contributed by atoms with Crippen molar-refractivity contribution < 1.29 is 24.2 Å². The zero-order valence-electron chi connectivity index (χ0n) is 14.2. The molecule has 0 aliphatic rings. The summed E-state index contributed by atoms with van der Waals surface area (Å²) in [5.74, 6) is -0.501. The lowest BCUT2D eigenvalue weighted by atomic mass is 10.4. The summed E-state index contributed by atoms with van der Waals surface area (Å²) in [7, 11) is 0. The Labute approximate surface area is 160 Å². The van der Waals surface area contributed by atoms with E-state index in [4.69, 9.17) is 25.5 Å². The van der Waals surface area contributed by atoms with Gasteiger partial charge in [-0.15, -0.1) is 0 Å². The second-order valence-corrected chi connectivity index (χ2v) is 3.61. The first-order chi connectivity index (χ1) is 12.6. The quantitative estimate of drug-likeness (QED) is 0.328. The van der Waals surface area contributed by atoms with Crippen LogP contribution >= 0.6 is 0 Å². The van der Waals surface area contributed by atoms with E-state index in [0.717, 1.165) is 18.2 Å². The molecule has 0 saturated heterocycles. The first-order valence-electron chi connectivity index (χ1n) is 7.12. The summed E-state index contributed by atoms with van der Waals surface area (Å²) in [5, 5.41) is 18.9. The van der Waals surface area contributed by atoms with Gasteiger partial charge in [0.25, 0.3) is 0 Å². The van der Waals surface area contributed by atoms with E-state index in [2.05, 4.69) is 11.3 Å². The number of nitrogens with one attached hydrogen (secondary N) is 2. The Balaban J connectivity index is -0.000000127. The topological polar surface area (TPSA) is 128 Å². The van der Waals surface area contributed by atoms with Crippen molar-refractivity contribution in [2.45, 2.75) is 7.43 Å². The Hall–Kier alpha value is -3.63. The van der Waals surface area contributed by atoms with Crippen LogP contribution in [0.4, 0.5) is 0 Å². The highest BCUT2D eigenvalue weighted by molar-refractivity contribution is 5.81. The average molecular weight is 374 g/mol. The second kappa shape index (κ2) is 33.9. The SMILES string of the molecule is C.C=CC(=O)OCCO.N=C=O.N=C=O.c1ccccc1.c1ccccc1. The molecule has 0 bridgehead atoms. The molecule has 7 nitrogen and oxygen atoms in total. The molecule has 0 unspecified atom stereocenters. The van der Waals surface area contributed by atoms with Gasteiger partial charge in [0, 0.05) is 6.08 Å². The van der Waals surface area contributed by atoms with Gasteiger partial charge in [0.15, 0.2) is 0 Å². The monoisotopic (exact) mass is 374 g/mol. The number of rotatable bonds is 3. The minimum Gasteiger partial charge on any atom is -0.460 e. The van der Waals surface area contributed by atoms with Gasteiger partial charge >= 0.3 is 5.97 Å². The van der Waals surface area contributed by atoms with Crippen LogP contribution in [0.5, 0.6) is 0 Å². The van der Waals surface area contributed by atoms with Crippen LogP contribution < -0.4 is 0 Å². The molecule has 0 atom stereocenters. The number of carbonyl (C=O) groups is 1. The number of benzene rings is 2. The highest BCUT2D eigenvalue weighted by atomic mass is 16.5. The molecule has 7 heteroatoms. The van der Waals surface area contributed by atoms with Crippen molar-refractivity contribution in [2.24, 2.45) is 0 Å². The first kappa shape index (κ1) is 31.2. The van der Waals surface area contributed by atoms with Crippen molar-refractivity contribution in [3.8, 4) is 0 Å². The fourth-order valence-corrected chi connectivity index (χ4v) is 0.975. The zero-order valence-corrected chi connectivity index (χ0v) is 14.2. The molecule has 0 aliphatic heterocycles. The van der Waals surface area contributed by atoms with Crippen LogP contribution in [-0.4, -0.2) is 36.4 Å². The summed E-state index contributed by atoms with van der Waals surface area (Å²) < 4.78 is 4.33. The largest absolute Gasteiger partial charge is 0.460 e. The number of hydrogen-bond acceptors (Lipinski definition) is 7. The van der Waals surface area contributed by atoms with Crippen LogP contribution in [0.3, 0.4) is 0 Å². The Kier molecular flexibility index (Phi) is 39.1. The minimum absolute atomic E-state index is 0. The van der Waals surface area contributed by atoms with Crippen LogP contribution in [0.1, 0.15) is 7.43 Å². The molecule has 0 fully saturated rings. The number of aliphatic hydroxyl groups is 1. The molecule has 0 heterocycles. The number of carbonyl (C=O) groups excluding carboxylic acids is 3. The maximum Gasteiger partial charge on any atom is 0.330 e. The van der Waals surface area contributed by atoms with Crippen LogP contribution in [0.25, 0.3) is 0 Å². The molecule has 27 heavy (non-hydrogen) atoms. The molecular formula is C20H26N2O5. The predicted molar refractivity (Wildman–Crippen MR) is 105 cm³/mol. The van der Waals surface area contributed by atoms with Gasteiger partial charge in [0.1, 0.15) is 6.61 Å². The molecule has 0 saturated carbocycles. The predicted octanol–water partition coefficient (Wildman–Crippen LogP) is 3.52. The fraction of sp³-hybridized carbons (Fsp3) is 0.150. The number of esters is 1. The molecule has 2 rings (SSSR count). The molecule has 0 spiro atoms. The van der Waals surface area contributed by atoms with E-state index in [1.807, 2.05) is 72.8 Å². The molecule has 3 N–H and O–H groups in total. The summed E-state index contributed by atoms with van der Waals surface area (Å²) in [5.41, 5.74) is 0. The number of hydrogen-bond donors (Lipinski definition) is 3. The van der Waals surface area contributed by atoms with E-state index in [0.29, 0.717) is 0 Å². The third-order valence-electron chi connectivity index (χ3n) is 1.84. The fourth-order valence-electron chi connectivity index (χ4n) is 0.975. The molecule has 0 amide bonds. The molecule has 0 aliphatic carbocycles. The maximum atomic E-state index is 10.1. The van der Waals surface area contributed by atoms with Crippen LogP contribution in [0, 0.1) is 10.8 Å². The van der Waals surface area contributed by atoms with Crippen molar-refractivity contribution in [1.29, 1.82) is 10.8 Å². The van der Waals surface area contributed by atoms with Crippen LogP contribution in [-0.2, 0) is 19.1 Å². The standard InChI is InChI=1S/2C6H6.C5H8O3.2CHNO.CH4/c2*1-2-4-6-5-3-1;1-2-5(7)8-4-3-6;2*2-1-3;/h2*1-6H;2,6H,1,3-4H2;2*2H;1H4. The first-order valence-corrected chi connectivity index (χ1v) is 7.12. The van der Waals surface area contributed by atoms with E-state index < -0.39 is 5.97 Å². The van der Waals surface area contributed by atoms with Gasteiger partial charge in [-0.25, -0.2) is 25.2 Å². The lowest BCUT2D eigenvalue weighted by Crippen LogP contribution is -2.04. The van der Waals surface area contributed by atoms with Crippen molar-refractivity contribution in [3.05, 3.63) is 85.5 Å². The van der Waals surface area contributed by atoms with E-state index in [-0.39, 0.29) is 20.6 Å². The summed E-state index contributed by atoms with van der Waals surface area (Å²) in [6.07, 6.45) is 2.55. The molecule has 146 valence electrons. The molecule has 0 aromatic heterocycles. The van der Waals surface area contributed by atoms with Gasteiger partial charge < -0.3 is 9.84 Å². The van der Waals surface area contributed by atoms with Crippen molar-refractivity contribution >= 4 is 18.1 Å². The van der Waals surface area contributed by atoms with Gasteiger partial charge in [0.05, 0.1) is 6.61 Å². The summed E-state index contributed by atoms with van der Waals surface area (Å²) >= 11 is 0. The molecule has 2 aromatic carbocycles. The Morgan fingerprint density at radius 2 is 1.07 bits per heavy atom. The van der Waals surface area contributed by atoms with Gasteiger partial charge in [-0.3, -0.25) is 0 Å². The lowest BCUT2D eigenvalue weighted by Gasteiger charge is -1.94. The Morgan fingerprint density at radius 1 is 0.852 bits per heavy atom. The van der Waals surface area contributed by atoms with E-state index in [1.54, 1.807) is 0 Å². The van der Waals surface area contributed by atoms with Crippen LogP contribution in [0.2, 0.25) is 0 Å². The smallest absolute Gasteiger partial charge is 0.330 e. The van der Waals surface area contributed by atoms with E-state index in [9.17, 15) is 4.79 Å². The number of aliphatic hydroxyl groups excluding tert-OH is 1. The van der Waals surface area contributed by atoms with Crippen molar-refractivity contribution in [1.82, 2.24) is 0 Å². The van der Waals surface area contributed by atoms with Gasteiger partial charge in [-0.1, -0.05) is 86.8 Å². The Morgan fingerprint density at radius 3 is 1.22 bits per heavy atom. The molecular weight excluding hydrogens is 348 g/mol. The minimum atomic E-state index is -0.501. The van der Waals surface area contributed by atoms with E-state index in [1.165, 1.54) is 0 Å². The highest BCUT2D eigenvalue weighted by Gasteiger charge is 1.90. The zero-order chi connectivity index (χ0) is 20.3.